The van der Waals surface area contributed by atoms with E-state index >= 15 is 0 Å². The predicted molar refractivity (Wildman–Crippen MR) is 87.9 cm³/mol. The number of aryl methyl sites for hydroxylation is 1. The Labute approximate surface area is 132 Å². The first-order valence-corrected chi connectivity index (χ1v) is 7.85. The van der Waals surface area contributed by atoms with Gasteiger partial charge in [-0.15, -0.1) is 0 Å². The average Bonchev–Trinajstić information content (AvgIpc) is 2.84. The minimum absolute atomic E-state index is 0.0357. The van der Waals surface area contributed by atoms with Crippen LogP contribution in [0.5, 0.6) is 0 Å². The van der Waals surface area contributed by atoms with Crippen molar-refractivity contribution in [3.05, 3.63) is 65.5 Å². The van der Waals surface area contributed by atoms with Gasteiger partial charge in [-0.25, -0.2) is 9.38 Å². The maximum atomic E-state index is 12.9. The molecule has 3 nitrogen and oxygen atoms in total. The van der Waals surface area contributed by atoms with Crippen molar-refractivity contribution in [2.75, 3.05) is 0 Å². The lowest BCUT2D eigenvalue weighted by Gasteiger charge is -2.05. The first kappa shape index (κ1) is 14.8. The van der Waals surface area contributed by atoms with Crippen molar-refractivity contribution >= 4 is 28.5 Å². The molecule has 0 aromatic heterocycles. The number of amides is 1. The molecule has 1 aliphatic heterocycles. The summed E-state index contributed by atoms with van der Waals surface area (Å²) >= 11 is 1.41. The third-order valence-electron chi connectivity index (χ3n) is 3.38. The van der Waals surface area contributed by atoms with E-state index in [9.17, 15) is 9.18 Å². The van der Waals surface area contributed by atoms with Crippen LogP contribution in [0.25, 0.3) is 0 Å². The molecule has 22 heavy (non-hydrogen) atoms. The third-order valence-corrected chi connectivity index (χ3v) is 4.46. The van der Waals surface area contributed by atoms with Gasteiger partial charge in [-0.05, 0) is 43.2 Å². The van der Waals surface area contributed by atoms with E-state index in [1.165, 1.54) is 29.5 Å². The normalized spacial score (nSPS) is 19.5. The van der Waals surface area contributed by atoms with Crippen LogP contribution >= 0.6 is 11.8 Å². The summed E-state index contributed by atoms with van der Waals surface area (Å²) in [5.74, 6) is -0.337. The Balaban J connectivity index is 1.70. The zero-order valence-electron chi connectivity index (χ0n) is 12.0. The lowest BCUT2D eigenvalue weighted by molar-refractivity contribution is -0.118. The van der Waals surface area contributed by atoms with Gasteiger partial charge in [-0.3, -0.25) is 4.79 Å². The number of carbonyl (C=O) groups is 1. The second-order valence-electron chi connectivity index (χ2n) is 5.18. The van der Waals surface area contributed by atoms with Gasteiger partial charge in [-0.1, -0.05) is 41.6 Å². The molecule has 1 aliphatic rings. The van der Waals surface area contributed by atoms with E-state index in [-0.39, 0.29) is 17.0 Å². The number of hydrogen-bond donors (Lipinski definition) is 1. The fourth-order valence-electron chi connectivity index (χ4n) is 2.16. The molecule has 2 aromatic rings. The molecule has 1 atom stereocenters. The number of amidine groups is 1. The Hall–Kier alpha value is -2.14. The monoisotopic (exact) mass is 314 g/mol. The van der Waals surface area contributed by atoms with Gasteiger partial charge in [0, 0.05) is 0 Å². The summed E-state index contributed by atoms with van der Waals surface area (Å²) in [4.78, 5) is 16.4. The number of nitrogens with one attached hydrogen (secondary N) is 1. The standard InChI is InChI=1S/C17H15FN2OS/c1-11-2-4-12(5-3-11)10-15-16(21)20-17(22-15)19-14-8-6-13(18)7-9-14/h2-9,15H,10H2,1H3,(H,19,20,21). The van der Waals surface area contributed by atoms with Crippen molar-refractivity contribution in [1.29, 1.82) is 0 Å². The highest BCUT2D eigenvalue weighted by Gasteiger charge is 2.30. The molecule has 5 heteroatoms. The van der Waals surface area contributed by atoms with Gasteiger partial charge in [0.1, 0.15) is 5.82 Å². The molecule has 0 saturated carbocycles. The molecule has 1 heterocycles. The topological polar surface area (TPSA) is 41.5 Å². The van der Waals surface area contributed by atoms with Gasteiger partial charge >= 0.3 is 0 Å². The van der Waals surface area contributed by atoms with Crippen LogP contribution in [0.3, 0.4) is 0 Å². The molecule has 112 valence electrons. The molecule has 0 bridgehead atoms. The van der Waals surface area contributed by atoms with E-state index in [1.54, 1.807) is 12.1 Å². The lowest BCUT2D eigenvalue weighted by Crippen LogP contribution is -2.25. The first-order chi connectivity index (χ1) is 10.6. The second-order valence-corrected chi connectivity index (χ2v) is 6.37. The summed E-state index contributed by atoms with van der Waals surface area (Å²) in [7, 11) is 0. The fraction of sp³-hybridized carbons (Fsp3) is 0.176. The zero-order chi connectivity index (χ0) is 15.5. The van der Waals surface area contributed by atoms with Crippen LogP contribution in [0.4, 0.5) is 10.1 Å². The van der Waals surface area contributed by atoms with Crippen LogP contribution in [0.1, 0.15) is 11.1 Å². The van der Waals surface area contributed by atoms with Gasteiger partial charge < -0.3 is 5.32 Å². The maximum absolute atomic E-state index is 12.9. The smallest absolute Gasteiger partial charge is 0.239 e. The molecule has 2 aromatic carbocycles. The van der Waals surface area contributed by atoms with E-state index in [2.05, 4.69) is 10.3 Å². The van der Waals surface area contributed by atoms with Gasteiger partial charge in [0.15, 0.2) is 5.17 Å². The van der Waals surface area contributed by atoms with Crippen LogP contribution in [0, 0.1) is 12.7 Å². The van der Waals surface area contributed by atoms with Crippen molar-refractivity contribution in [3.8, 4) is 0 Å². The zero-order valence-corrected chi connectivity index (χ0v) is 12.9. The Morgan fingerprint density at radius 2 is 1.82 bits per heavy atom. The van der Waals surface area contributed by atoms with Crippen LogP contribution in [-0.2, 0) is 11.2 Å². The number of thioether (sulfide) groups is 1. The van der Waals surface area contributed by atoms with E-state index < -0.39 is 0 Å². The molecule has 3 rings (SSSR count). The highest BCUT2D eigenvalue weighted by Crippen LogP contribution is 2.25. The second kappa shape index (κ2) is 6.32. The number of carbonyl (C=O) groups excluding carboxylic acids is 1. The van der Waals surface area contributed by atoms with Gasteiger partial charge in [0.2, 0.25) is 5.91 Å². The first-order valence-electron chi connectivity index (χ1n) is 6.97. The van der Waals surface area contributed by atoms with Gasteiger partial charge in [-0.2, -0.15) is 0 Å². The number of rotatable bonds is 3. The van der Waals surface area contributed by atoms with Crippen LogP contribution in [-0.4, -0.2) is 16.3 Å². The van der Waals surface area contributed by atoms with E-state index in [0.717, 1.165) is 5.56 Å². The summed E-state index contributed by atoms with van der Waals surface area (Å²) < 4.78 is 12.9. The minimum Gasteiger partial charge on any atom is -0.304 e. The quantitative estimate of drug-likeness (QED) is 0.940. The number of aliphatic imine (C=N–C) groups is 1. The summed E-state index contributed by atoms with van der Waals surface area (Å²) in [6.45, 7) is 2.04. The molecular formula is C17H15FN2OS. The maximum Gasteiger partial charge on any atom is 0.239 e. The Morgan fingerprint density at radius 3 is 2.50 bits per heavy atom. The summed E-state index contributed by atoms with van der Waals surface area (Å²) in [6.07, 6.45) is 0.666. The third kappa shape index (κ3) is 3.54. The van der Waals surface area contributed by atoms with Crippen LogP contribution in [0.2, 0.25) is 0 Å². The van der Waals surface area contributed by atoms with Crippen molar-refractivity contribution < 1.29 is 9.18 Å². The SMILES string of the molecule is Cc1ccc(CC2SC(=Nc3ccc(F)cc3)NC2=O)cc1. The van der Waals surface area contributed by atoms with Crippen LogP contribution in [0.15, 0.2) is 53.5 Å². The average molecular weight is 314 g/mol. The largest absolute Gasteiger partial charge is 0.304 e. The highest BCUT2D eigenvalue weighted by molar-refractivity contribution is 8.15. The molecule has 1 N–H and O–H groups in total. The molecule has 1 unspecified atom stereocenters. The number of hydrogen-bond acceptors (Lipinski definition) is 3. The Bertz CT molecular complexity index is 710. The predicted octanol–water partition coefficient (Wildman–Crippen LogP) is 3.60. The molecule has 1 amide bonds. The van der Waals surface area contributed by atoms with Crippen LogP contribution < -0.4 is 5.32 Å². The number of nitrogens with zero attached hydrogens (tertiary/aromatic N) is 1. The summed E-state index contributed by atoms with van der Waals surface area (Å²) in [5.41, 5.74) is 2.95. The molecule has 0 radical (unpaired) electrons. The summed E-state index contributed by atoms with van der Waals surface area (Å²) in [5, 5.41) is 3.16. The van der Waals surface area contributed by atoms with Crippen molar-refractivity contribution in [2.24, 2.45) is 4.99 Å². The Morgan fingerprint density at radius 1 is 1.14 bits per heavy atom. The van der Waals surface area contributed by atoms with E-state index in [0.29, 0.717) is 17.3 Å². The van der Waals surface area contributed by atoms with E-state index in [4.69, 9.17) is 0 Å². The fourth-order valence-corrected chi connectivity index (χ4v) is 3.19. The number of halogens is 1. The summed E-state index contributed by atoms with van der Waals surface area (Å²) in [6, 6.07) is 14.0. The molecule has 0 aliphatic carbocycles. The van der Waals surface area contributed by atoms with E-state index in [1.807, 2.05) is 31.2 Å². The Kier molecular flexibility index (Phi) is 4.24. The molecule has 0 spiro atoms. The highest BCUT2D eigenvalue weighted by atomic mass is 32.2. The van der Waals surface area contributed by atoms with Gasteiger partial charge in [0.05, 0.1) is 10.9 Å². The molecule has 1 fully saturated rings. The lowest BCUT2D eigenvalue weighted by atomic mass is 10.1. The molecule has 1 saturated heterocycles. The molecular weight excluding hydrogens is 299 g/mol. The van der Waals surface area contributed by atoms with Crippen molar-refractivity contribution in [1.82, 2.24) is 5.32 Å². The van der Waals surface area contributed by atoms with Gasteiger partial charge in [0.25, 0.3) is 0 Å². The number of benzene rings is 2. The minimum atomic E-state index is -0.302. The van der Waals surface area contributed by atoms with Crippen molar-refractivity contribution in [3.63, 3.8) is 0 Å². The van der Waals surface area contributed by atoms with Crippen molar-refractivity contribution in [2.45, 2.75) is 18.6 Å².